The first-order chi connectivity index (χ1) is 7.84. The largest absolute Gasteiger partial charge is 0.480 e. The Labute approximate surface area is 99.4 Å². The molecule has 8 heteroatoms. The molecule has 1 unspecified atom stereocenters. The van der Waals surface area contributed by atoms with Crippen molar-refractivity contribution in [2.75, 3.05) is 13.2 Å². The van der Waals surface area contributed by atoms with Crippen LogP contribution >= 0.6 is 0 Å². The van der Waals surface area contributed by atoms with E-state index in [9.17, 15) is 13.2 Å². The highest BCUT2D eigenvalue weighted by molar-refractivity contribution is 7.90. The summed E-state index contributed by atoms with van der Waals surface area (Å²) in [7, 11) is -3.96. The molecule has 1 aliphatic heterocycles. The molecule has 1 aliphatic rings. The van der Waals surface area contributed by atoms with Crippen molar-refractivity contribution in [1.29, 1.82) is 5.26 Å². The highest BCUT2D eigenvalue weighted by Gasteiger charge is 2.44. The molecular weight excluding hydrogens is 248 g/mol. The summed E-state index contributed by atoms with van der Waals surface area (Å²) in [5, 5.41) is 16.4. The maximum absolute atomic E-state index is 11.7. The monoisotopic (exact) mass is 262 g/mol. The lowest BCUT2D eigenvalue weighted by atomic mass is 9.92. The van der Waals surface area contributed by atoms with E-state index in [4.69, 9.17) is 15.1 Å². The number of aliphatic carboxylic acids is 1. The molecule has 7 nitrogen and oxygen atoms in total. The molecule has 96 valence electrons. The number of sulfonamides is 1. The lowest BCUT2D eigenvalue weighted by molar-refractivity contribution is -0.147. The maximum Gasteiger partial charge on any atom is 0.325 e. The van der Waals surface area contributed by atoms with Crippen LogP contribution in [0.25, 0.3) is 0 Å². The van der Waals surface area contributed by atoms with Crippen LogP contribution in [0.4, 0.5) is 0 Å². The summed E-state index contributed by atoms with van der Waals surface area (Å²) in [5.74, 6) is -1.24. The molecule has 0 saturated carbocycles. The minimum Gasteiger partial charge on any atom is -0.480 e. The lowest BCUT2D eigenvalue weighted by Crippen LogP contribution is -2.58. The van der Waals surface area contributed by atoms with E-state index in [0.29, 0.717) is 0 Å². The van der Waals surface area contributed by atoms with Crippen molar-refractivity contribution >= 4 is 16.0 Å². The van der Waals surface area contributed by atoms with Gasteiger partial charge in [-0.05, 0) is 6.92 Å². The van der Waals surface area contributed by atoms with Gasteiger partial charge in [0.1, 0.15) is 5.54 Å². The van der Waals surface area contributed by atoms with Crippen molar-refractivity contribution in [2.24, 2.45) is 0 Å². The van der Waals surface area contributed by atoms with E-state index in [1.807, 2.05) is 0 Å². The molecule has 0 aliphatic carbocycles. The van der Waals surface area contributed by atoms with E-state index in [2.05, 4.69) is 4.72 Å². The molecular formula is C9H14N2O5S. The van der Waals surface area contributed by atoms with Crippen molar-refractivity contribution in [3.05, 3.63) is 0 Å². The molecule has 1 atom stereocenters. The quantitative estimate of drug-likeness (QED) is 0.702. The fraction of sp³-hybridized carbons (Fsp3) is 0.778. The van der Waals surface area contributed by atoms with E-state index < -0.39 is 26.8 Å². The van der Waals surface area contributed by atoms with Crippen molar-refractivity contribution in [2.45, 2.75) is 30.6 Å². The van der Waals surface area contributed by atoms with E-state index in [0.717, 1.165) is 0 Å². The third kappa shape index (κ3) is 2.94. The summed E-state index contributed by atoms with van der Waals surface area (Å²) in [6, 6.07) is 1.58. The fourth-order valence-electron chi connectivity index (χ4n) is 1.51. The number of hydrogen-bond donors (Lipinski definition) is 2. The zero-order chi connectivity index (χ0) is 13.1. The number of hydrogen-bond acceptors (Lipinski definition) is 5. The van der Waals surface area contributed by atoms with Crippen molar-refractivity contribution in [3.8, 4) is 6.07 Å². The van der Waals surface area contributed by atoms with Crippen LogP contribution in [0.15, 0.2) is 0 Å². The summed E-state index contributed by atoms with van der Waals surface area (Å²) in [6.07, 6.45) is 0.111. The molecule has 0 radical (unpaired) electrons. The standard InChI is InChI=1S/C9H14N2O5S/c1-7(6-10)17(14,15)11-9(8(12)13)2-4-16-5-3-9/h7,11H,2-5H2,1H3,(H,12,13). The summed E-state index contributed by atoms with van der Waals surface area (Å²) < 4.78 is 30.5. The topological polar surface area (TPSA) is 116 Å². The number of nitriles is 1. The number of carboxylic acid groups (broad SMARTS) is 1. The van der Waals surface area contributed by atoms with Crippen LogP contribution in [0.2, 0.25) is 0 Å². The smallest absolute Gasteiger partial charge is 0.325 e. The number of nitrogens with one attached hydrogen (secondary N) is 1. The molecule has 0 bridgehead atoms. The summed E-state index contributed by atoms with van der Waals surface area (Å²) in [6.45, 7) is 1.56. The van der Waals surface area contributed by atoms with Crippen molar-refractivity contribution in [3.63, 3.8) is 0 Å². The summed E-state index contributed by atoms with van der Waals surface area (Å²) in [5.41, 5.74) is -1.55. The van der Waals surface area contributed by atoms with Crippen LogP contribution in [0, 0.1) is 11.3 Å². The predicted octanol–water partition coefficient (Wildman–Crippen LogP) is -0.548. The van der Waals surface area contributed by atoms with Crippen LogP contribution in [-0.4, -0.2) is 43.5 Å². The third-order valence-electron chi connectivity index (χ3n) is 2.74. The normalized spacial score (nSPS) is 21.4. The molecule has 0 spiro atoms. The average molecular weight is 262 g/mol. The van der Waals surface area contributed by atoms with Gasteiger partial charge in [-0.1, -0.05) is 0 Å². The first-order valence-corrected chi connectivity index (χ1v) is 6.62. The van der Waals surface area contributed by atoms with Gasteiger partial charge < -0.3 is 9.84 Å². The molecule has 0 aromatic heterocycles. The molecule has 1 heterocycles. The minimum absolute atomic E-state index is 0.0553. The van der Waals surface area contributed by atoms with E-state index >= 15 is 0 Å². The molecule has 1 rings (SSSR count). The molecule has 1 fully saturated rings. The van der Waals surface area contributed by atoms with E-state index in [1.54, 1.807) is 6.07 Å². The van der Waals surface area contributed by atoms with Crippen LogP contribution in [0.3, 0.4) is 0 Å². The first kappa shape index (κ1) is 13.9. The van der Waals surface area contributed by atoms with E-state index in [1.165, 1.54) is 6.92 Å². The van der Waals surface area contributed by atoms with Crippen LogP contribution in [0.1, 0.15) is 19.8 Å². The Bertz CT molecular complexity index is 433. The van der Waals surface area contributed by atoms with Gasteiger partial charge in [0.25, 0.3) is 0 Å². The highest BCUT2D eigenvalue weighted by atomic mass is 32.2. The molecule has 17 heavy (non-hydrogen) atoms. The van der Waals surface area contributed by atoms with Gasteiger partial charge in [-0.15, -0.1) is 0 Å². The van der Waals surface area contributed by atoms with Gasteiger partial charge in [-0.25, -0.2) is 8.42 Å². The van der Waals surface area contributed by atoms with Crippen LogP contribution in [0.5, 0.6) is 0 Å². The van der Waals surface area contributed by atoms with Gasteiger partial charge in [-0.3, -0.25) is 4.79 Å². The Morgan fingerprint density at radius 2 is 2.06 bits per heavy atom. The molecule has 0 aromatic carbocycles. The maximum atomic E-state index is 11.7. The second kappa shape index (κ2) is 5.00. The fourth-order valence-corrected chi connectivity index (χ4v) is 2.66. The predicted molar refractivity (Wildman–Crippen MR) is 57.6 cm³/mol. The highest BCUT2D eigenvalue weighted by Crippen LogP contribution is 2.23. The molecule has 1 saturated heterocycles. The van der Waals surface area contributed by atoms with E-state index in [-0.39, 0.29) is 26.1 Å². The minimum atomic E-state index is -3.96. The number of rotatable bonds is 4. The Balaban J connectivity index is 2.96. The Hall–Kier alpha value is -1.17. The summed E-state index contributed by atoms with van der Waals surface area (Å²) >= 11 is 0. The average Bonchev–Trinajstić information content (AvgIpc) is 2.28. The number of nitrogens with zero attached hydrogens (tertiary/aromatic N) is 1. The van der Waals surface area contributed by atoms with Gasteiger partial charge in [0, 0.05) is 26.1 Å². The zero-order valence-electron chi connectivity index (χ0n) is 9.34. The van der Waals surface area contributed by atoms with Gasteiger partial charge >= 0.3 is 5.97 Å². The third-order valence-corrected chi connectivity index (χ3v) is 4.45. The van der Waals surface area contributed by atoms with Crippen molar-refractivity contribution in [1.82, 2.24) is 4.72 Å². The van der Waals surface area contributed by atoms with Gasteiger partial charge in [0.05, 0.1) is 6.07 Å². The van der Waals surface area contributed by atoms with Crippen molar-refractivity contribution < 1.29 is 23.1 Å². The molecule has 2 N–H and O–H groups in total. The number of carboxylic acids is 1. The first-order valence-electron chi connectivity index (χ1n) is 5.07. The van der Waals surface area contributed by atoms with Gasteiger partial charge in [0.15, 0.2) is 5.25 Å². The molecule has 0 amide bonds. The van der Waals surface area contributed by atoms with Gasteiger partial charge in [0.2, 0.25) is 10.0 Å². The molecule has 0 aromatic rings. The zero-order valence-corrected chi connectivity index (χ0v) is 10.2. The second-order valence-electron chi connectivity index (χ2n) is 3.92. The second-order valence-corrected chi connectivity index (χ2v) is 5.92. The van der Waals surface area contributed by atoms with Crippen LogP contribution in [-0.2, 0) is 19.6 Å². The summed E-state index contributed by atoms with van der Waals surface area (Å²) in [4.78, 5) is 11.2. The SMILES string of the molecule is CC(C#N)S(=O)(=O)NC1(C(=O)O)CCOCC1. The number of carbonyl (C=O) groups is 1. The van der Waals surface area contributed by atoms with Gasteiger partial charge in [-0.2, -0.15) is 9.98 Å². The Kier molecular flexibility index (Phi) is 4.08. The van der Waals surface area contributed by atoms with Crippen LogP contribution < -0.4 is 4.72 Å². The number of ether oxygens (including phenoxy) is 1. The lowest BCUT2D eigenvalue weighted by Gasteiger charge is -2.33. The Morgan fingerprint density at radius 3 is 2.47 bits per heavy atom. The Morgan fingerprint density at radius 1 is 1.53 bits per heavy atom.